The van der Waals surface area contributed by atoms with E-state index in [-0.39, 0.29) is 13.6 Å². The van der Waals surface area contributed by atoms with Crippen molar-refractivity contribution in [2.75, 3.05) is 27.8 Å². The molecule has 1 aromatic carbocycles. The summed E-state index contributed by atoms with van der Waals surface area (Å²) in [5.74, 6) is 1.59. The first-order valence-electron chi connectivity index (χ1n) is 10.7. The molecule has 0 aliphatic rings. The van der Waals surface area contributed by atoms with Crippen LogP contribution in [0.15, 0.2) is 47.1 Å². The average molecular weight is 417 g/mol. The Morgan fingerprint density at radius 3 is 1.77 bits per heavy atom. The van der Waals surface area contributed by atoms with Crippen molar-refractivity contribution in [3.05, 3.63) is 58.2 Å². The van der Waals surface area contributed by atoms with Crippen LogP contribution in [0.4, 0.5) is 0 Å². The van der Waals surface area contributed by atoms with Crippen molar-refractivity contribution >= 4 is 0 Å². The summed E-state index contributed by atoms with van der Waals surface area (Å²) in [6, 6.07) is 4.05. The summed E-state index contributed by atoms with van der Waals surface area (Å²) < 4.78 is 21.8. The van der Waals surface area contributed by atoms with Gasteiger partial charge in [-0.25, -0.2) is 0 Å². The Morgan fingerprint density at radius 1 is 0.767 bits per heavy atom. The Balaban J connectivity index is 2.79. The molecule has 0 atom stereocenters. The van der Waals surface area contributed by atoms with Crippen molar-refractivity contribution < 1.29 is 18.9 Å². The lowest BCUT2D eigenvalue weighted by atomic mass is 10.0. The summed E-state index contributed by atoms with van der Waals surface area (Å²) >= 11 is 0. The van der Waals surface area contributed by atoms with Crippen LogP contribution in [0.1, 0.15) is 64.5 Å². The van der Waals surface area contributed by atoms with E-state index >= 15 is 0 Å². The molecule has 0 saturated carbocycles. The van der Waals surface area contributed by atoms with Gasteiger partial charge in [-0.15, -0.1) is 0 Å². The van der Waals surface area contributed by atoms with Crippen molar-refractivity contribution in [2.24, 2.45) is 0 Å². The minimum absolute atomic E-state index is 0.208. The van der Waals surface area contributed by atoms with Crippen LogP contribution < -0.4 is 9.47 Å². The molecule has 0 bridgehead atoms. The molecule has 1 rings (SSSR count). The van der Waals surface area contributed by atoms with Gasteiger partial charge in [-0.05, 0) is 84.4 Å². The van der Waals surface area contributed by atoms with E-state index in [0.717, 1.165) is 54.7 Å². The number of allylic oxidation sites excluding steroid dienone is 6. The Hall–Kier alpha value is -2.04. The summed E-state index contributed by atoms with van der Waals surface area (Å²) in [5.41, 5.74) is 6.30. The third-order valence-electron chi connectivity index (χ3n) is 4.75. The van der Waals surface area contributed by atoms with E-state index in [1.165, 1.54) is 16.7 Å². The van der Waals surface area contributed by atoms with Gasteiger partial charge in [0.15, 0.2) is 13.6 Å². The van der Waals surface area contributed by atoms with Gasteiger partial charge in [0.25, 0.3) is 0 Å². The fraction of sp³-hybridized carbons (Fsp3) is 0.538. The van der Waals surface area contributed by atoms with Crippen LogP contribution in [-0.2, 0) is 15.9 Å². The smallest absolute Gasteiger partial charge is 0.188 e. The highest BCUT2D eigenvalue weighted by Gasteiger charge is 2.12. The minimum atomic E-state index is 0.208. The van der Waals surface area contributed by atoms with Gasteiger partial charge in [0, 0.05) is 19.8 Å². The van der Waals surface area contributed by atoms with Crippen molar-refractivity contribution in [3.8, 4) is 11.5 Å². The maximum Gasteiger partial charge on any atom is 0.188 e. The molecule has 4 heteroatoms. The third-order valence-corrected chi connectivity index (χ3v) is 4.75. The second-order valence-corrected chi connectivity index (χ2v) is 8.01. The van der Waals surface area contributed by atoms with Gasteiger partial charge < -0.3 is 18.9 Å². The number of hydrogen-bond donors (Lipinski definition) is 0. The summed E-state index contributed by atoms with van der Waals surface area (Å²) in [4.78, 5) is 0. The second kappa shape index (κ2) is 14.9. The van der Waals surface area contributed by atoms with E-state index in [9.17, 15) is 0 Å². The fourth-order valence-corrected chi connectivity index (χ4v) is 3.07. The molecule has 0 N–H and O–H groups in total. The summed E-state index contributed by atoms with van der Waals surface area (Å²) in [6.07, 6.45) is 12.0. The van der Waals surface area contributed by atoms with Crippen LogP contribution in [0.25, 0.3) is 0 Å². The predicted octanol–water partition coefficient (Wildman–Crippen LogP) is 6.92. The third kappa shape index (κ3) is 10.7. The van der Waals surface area contributed by atoms with Gasteiger partial charge in [-0.2, -0.15) is 0 Å². The molecule has 30 heavy (non-hydrogen) atoms. The molecular weight excluding hydrogens is 376 g/mol. The van der Waals surface area contributed by atoms with Crippen LogP contribution in [0, 0.1) is 6.92 Å². The zero-order valence-electron chi connectivity index (χ0n) is 20.0. The zero-order valence-corrected chi connectivity index (χ0v) is 20.0. The Bertz CT molecular complexity index is 696. The molecule has 0 aromatic heterocycles. The van der Waals surface area contributed by atoms with Gasteiger partial charge in [0.2, 0.25) is 0 Å². The highest BCUT2D eigenvalue weighted by Crippen LogP contribution is 2.32. The normalized spacial score (nSPS) is 12.1. The first-order valence-corrected chi connectivity index (χ1v) is 10.7. The van der Waals surface area contributed by atoms with Gasteiger partial charge in [0.05, 0.1) is 0 Å². The van der Waals surface area contributed by atoms with E-state index < -0.39 is 0 Å². The van der Waals surface area contributed by atoms with Gasteiger partial charge in [-0.3, -0.25) is 0 Å². The van der Waals surface area contributed by atoms with Crippen LogP contribution in [0.2, 0.25) is 0 Å². The van der Waals surface area contributed by atoms with E-state index in [0.29, 0.717) is 0 Å². The predicted molar refractivity (Wildman–Crippen MR) is 125 cm³/mol. The molecule has 4 nitrogen and oxygen atoms in total. The second-order valence-electron chi connectivity index (χ2n) is 8.01. The average Bonchev–Trinajstić information content (AvgIpc) is 2.69. The largest absolute Gasteiger partial charge is 0.467 e. The lowest BCUT2D eigenvalue weighted by molar-refractivity contribution is 0.0448. The molecule has 0 spiro atoms. The van der Waals surface area contributed by atoms with Gasteiger partial charge in [0.1, 0.15) is 11.5 Å². The van der Waals surface area contributed by atoms with Crippen molar-refractivity contribution in [1.29, 1.82) is 0 Å². The van der Waals surface area contributed by atoms with Crippen LogP contribution in [0.3, 0.4) is 0 Å². The van der Waals surface area contributed by atoms with Gasteiger partial charge >= 0.3 is 0 Å². The highest BCUT2D eigenvalue weighted by atomic mass is 16.7. The number of hydrogen-bond acceptors (Lipinski definition) is 4. The van der Waals surface area contributed by atoms with E-state index in [2.05, 4.69) is 45.9 Å². The molecule has 0 aliphatic heterocycles. The zero-order chi connectivity index (χ0) is 22.4. The maximum absolute atomic E-state index is 5.80. The fourth-order valence-electron chi connectivity index (χ4n) is 3.07. The maximum atomic E-state index is 5.80. The number of methoxy groups -OCH3 is 2. The van der Waals surface area contributed by atoms with Gasteiger partial charge in [-0.1, -0.05) is 34.9 Å². The summed E-state index contributed by atoms with van der Waals surface area (Å²) in [6.45, 7) is 11.2. The molecule has 168 valence electrons. The van der Waals surface area contributed by atoms with Crippen LogP contribution >= 0.6 is 0 Å². The van der Waals surface area contributed by atoms with E-state index in [1.807, 2.05) is 19.1 Å². The molecule has 0 amide bonds. The number of rotatable bonds is 14. The summed E-state index contributed by atoms with van der Waals surface area (Å²) in [5, 5.41) is 0. The molecule has 0 saturated heterocycles. The lowest BCUT2D eigenvalue weighted by Gasteiger charge is -2.16. The lowest BCUT2D eigenvalue weighted by Crippen LogP contribution is -2.06. The minimum Gasteiger partial charge on any atom is -0.467 e. The number of benzene rings is 1. The van der Waals surface area contributed by atoms with Crippen molar-refractivity contribution in [3.63, 3.8) is 0 Å². The molecule has 0 heterocycles. The molecular formula is C26H40O4. The molecule has 1 aromatic rings. The van der Waals surface area contributed by atoms with E-state index in [4.69, 9.17) is 18.9 Å². The van der Waals surface area contributed by atoms with Crippen LogP contribution in [-0.4, -0.2) is 27.8 Å². The first kappa shape index (κ1) is 26.0. The molecule has 0 unspecified atom stereocenters. The SMILES string of the molecule is COCOc1cc(C)cc(OCOC)c1C/C=C(\C)CC/C=C(\C)CCC=C(C)C. The summed E-state index contributed by atoms with van der Waals surface area (Å²) in [7, 11) is 3.24. The standard InChI is InChI=1S/C26H40O4/c1-20(2)10-8-11-21(3)12-9-13-22(4)14-15-24-25(29-18-27-6)16-23(5)17-26(24)30-19-28-7/h10,12,14,16-17H,8-9,11,13,15,18-19H2,1-7H3/b21-12+,22-14+. The molecule has 0 aliphatic carbocycles. The Kier molecular flexibility index (Phi) is 12.9. The van der Waals surface area contributed by atoms with Crippen molar-refractivity contribution in [2.45, 2.75) is 66.7 Å². The monoisotopic (exact) mass is 416 g/mol. The first-order chi connectivity index (χ1) is 14.4. The van der Waals surface area contributed by atoms with E-state index in [1.54, 1.807) is 14.2 Å². The highest BCUT2D eigenvalue weighted by molar-refractivity contribution is 5.49. The number of aryl methyl sites for hydroxylation is 1. The Labute approximate surface area is 183 Å². The molecule has 0 fully saturated rings. The topological polar surface area (TPSA) is 36.9 Å². The van der Waals surface area contributed by atoms with Crippen LogP contribution in [0.5, 0.6) is 11.5 Å². The molecule has 0 radical (unpaired) electrons. The number of ether oxygens (including phenoxy) is 4. The Morgan fingerprint density at radius 2 is 1.27 bits per heavy atom. The van der Waals surface area contributed by atoms with Crippen molar-refractivity contribution in [1.82, 2.24) is 0 Å². The quantitative estimate of drug-likeness (QED) is 0.244.